The third-order valence-electron chi connectivity index (χ3n) is 5.93. The van der Waals surface area contributed by atoms with E-state index in [1.807, 2.05) is 19.1 Å². The van der Waals surface area contributed by atoms with Gasteiger partial charge in [-0.25, -0.2) is 0 Å². The Morgan fingerprint density at radius 3 is 2.59 bits per heavy atom. The van der Waals surface area contributed by atoms with E-state index in [2.05, 4.69) is 48.0 Å². The van der Waals surface area contributed by atoms with Gasteiger partial charge in [-0.2, -0.15) is 0 Å². The van der Waals surface area contributed by atoms with Crippen molar-refractivity contribution in [3.05, 3.63) is 84.5 Å². The van der Waals surface area contributed by atoms with Crippen LogP contribution >= 0.6 is 38.9 Å². The Morgan fingerprint density at radius 2 is 1.94 bits per heavy atom. The predicted octanol–water partition coefficient (Wildman–Crippen LogP) is 6.60. The summed E-state index contributed by atoms with van der Waals surface area (Å²) in [7, 11) is 0. The topological polar surface area (TPSA) is 57.6 Å². The summed E-state index contributed by atoms with van der Waals surface area (Å²) < 4.78 is 1.22. The van der Waals surface area contributed by atoms with Crippen LogP contribution in [0.5, 0.6) is 0 Å². The van der Waals surface area contributed by atoms with Crippen molar-refractivity contribution in [2.45, 2.75) is 45.3 Å². The number of halogens is 2. The van der Waals surface area contributed by atoms with Crippen LogP contribution in [-0.4, -0.2) is 16.8 Å². The van der Waals surface area contributed by atoms with Crippen molar-refractivity contribution in [2.24, 2.45) is 0 Å². The van der Waals surface area contributed by atoms with E-state index >= 15 is 0 Å². The van der Waals surface area contributed by atoms with Crippen LogP contribution in [0.4, 0.5) is 5.69 Å². The molecule has 0 fully saturated rings. The Bertz CT molecular complexity index is 1220. The molecule has 0 spiro atoms. The molecule has 0 saturated carbocycles. The molecule has 4 nitrogen and oxygen atoms in total. The third kappa shape index (κ3) is 4.17. The van der Waals surface area contributed by atoms with Gasteiger partial charge in [0, 0.05) is 10.0 Å². The molecule has 0 saturated heterocycles. The summed E-state index contributed by atoms with van der Waals surface area (Å²) in [6.07, 6.45) is -0.340. The lowest BCUT2D eigenvalue weighted by Crippen LogP contribution is -2.41. The number of fused-ring (bicyclic) bond motifs is 1. The fourth-order valence-corrected chi connectivity index (χ4v) is 5.37. The van der Waals surface area contributed by atoms with Crippen molar-refractivity contribution < 1.29 is 14.7 Å². The van der Waals surface area contributed by atoms with E-state index in [9.17, 15) is 14.7 Å². The average Bonchev–Trinajstić information content (AvgIpc) is 3.26. The monoisotopic (exact) mass is 531 g/mol. The van der Waals surface area contributed by atoms with Gasteiger partial charge in [-0.15, -0.1) is 11.3 Å². The summed E-state index contributed by atoms with van der Waals surface area (Å²) in [4.78, 5) is 28.5. The fourth-order valence-electron chi connectivity index (χ4n) is 4.03. The van der Waals surface area contributed by atoms with Crippen LogP contribution in [0.15, 0.2) is 53.0 Å². The second kappa shape index (κ2) is 8.75. The fraction of sp³-hybridized carbons (Fsp3) is 0.280. The number of hydrogen-bond acceptors (Lipinski definition) is 4. The Morgan fingerprint density at radius 1 is 1.19 bits per heavy atom. The van der Waals surface area contributed by atoms with Gasteiger partial charge in [0.1, 0.15) is 0 Å². The van der Waals surface area contributed by atoms with E-state index in [0.717, 1.165) is 26.9 Å². The van der Waals surface area contributed by atoms with Crippen molar-refractivity contribution in [3.8, 4) is 0 Å². The predicted molar refractivity (Wildman–Crippen MR) is 133 cm³/mol. The number of nitrogens with zero attached hydrogens (tertiary/aromatic N) is 1. The van der Waals surface area contributed by atoms with Gasteiger partial charge in [0.2, 0.25) is 0 Å². The molecule has 4 rings (SSSR count). The van der Waals surface area contributed by atoms with Gasteiger partial charge in [-0.3, -0.25) is 9.59 Å². The van der Waals surface area contributed by atoms with Gasteiger partial charge in [0.05, 0.1) is 27.9 Å². The minimum Gasteiger partial charge on any atom is -0.375 e. The van der Waals surface area contributed by atoms with Gasteiger partial charge in [-0.05, 0) is 59.9 Å². The molecule has 7 heteroatoms. The molecule has 2 heterocycles. The molecule has 2 aromatic carbocycles. The average molecular weight is 533 g/mol. The smallest absolute Gasteiger partial charge is 0.264 e. The first-order valence-corrected chi connectivity index (χ1v) is 12.3. The lowest BCUT2D eigenvalue weighted by atomic mass is 9.89. The zero-order valence-electron chi connectivity index (χ0n) is 18.0. The van der Waals surface area contributed by atoms with Crippen molar-refractivity contribution in [1.82, 2.24) is 0 Å². The highest BCUT2D eigenvalue weighted by atomic mass is 79.9. The van der Waals surface area contributed by atoms with E-state index in [-0.39, 0.29) is 12.2 Å². The van der Waals surface area contributed by atoms with Gasteiger partial charge >= 0.3 is 0 Å². The second-order valence-electron chi connectivity index (χ2n) is 8.46. The van der Waals surface area contributed by atoms with Crippen molar-refractivity contribution in [3.63, 3.8) is 0 Å². The first-order valence-electron chi connectivity index (χ1n) is 10.3. The highest BCUT2D eigenvalue weighted by Crippen LogP contribution is 2.45. The number of anilines is 1. The van der Waals surface area contributed by atoms with E-state index in [1.54, 1.807) is 23.1 Å². The lowest BCUT2D eigenvalue weighted by Gasteiger charge is -2.23. The first-order chi connectivity index (χ1) is 15.1. The molecule has 32 heavy (non-hydrogen) atoms. The van der Waals surface area contributed by atoms with E-state index in [1.165, 1.54) is 5.56 Å². The number of carbonyl (C=O) groups is 2. The summed E-state index contributed by atoms with van der Waals surface area (Å²) in [6.45, 7) is 6.59. The SMILES string of the molecule is Cc1ccc(C(C)C)cc1CN1C(=O)[C@](O)(CC(=O)c2ccc(Cl)s2)c2cc(Br)ccc21. The van der Waals surface area contributed by atoms with Gasteiger partial charge in [0.25, 0.3) is 5.91 Å². The summed E-state index contributed by atoms with van der Waals surface area (Å²) >= 11 is 10.5. The molecule has 1 aliphatic rings. The summed E-state index contributed by atoms with van der Waals surface area (Å²) in [6, 6.07) is 14.9. The van der Waals surface area contributed by atoms with Crippen LogP contribution in [-0.2, 0) is 16.9 Å². The molecule has 1 atom stereocenters. The maximum Gasteiger partial charge on any atom is 0.264 e. The normalized spacial score (nSPS) is 17.8. The van der Waals surface area contributed by atoms with Crippen LogP contribution in [0.25, 0.3) is 0 Å². The zero-order chi connectivity index (χ0) is 23.2. The number of hydrogen-bond donors (Lipinski definition) is 1. The van der Waals surface area contributed by atoms with Gasteiger partial charge < -0.3 is 10.0 Å². The van der Waals surface area contributed by atoms with Crippen LogP contribution in [0.1, 0.15) is 58.1 Å². The summed E-state index contributed by atoms with van der Waals surface area (Å²) in [5.41, 5.74) is 2.39. The molecule has 0 unspecified atom stereocenters. The number of thiophene rings is 1. The lowest BCUT2D eigenvalue weighted by molar-refractivity contribution is -0.136. The number of aliphatic hydroxyl groups is 1. The number of aryl methyl sites for hydroxylation is 1. The van der Waals surface area contributed by atoms with Crippen LogP contribution in [0.2, 0.25) is 4.34 Å². The molecule has 1 amide bonds. The molecular weight excluding hydrogens is 510 g/mol. The first kappa shape index (κ1) is 23.2. The summed E-state index contributed by atoms with van der Waals surface area (Å²) in [5.74, 6) is -0.446. The number of carbonyl (C=O) groups excluding carboxylic acids is 2. The van der Waals surface area contributed by atoms with Crippen LogP contribution < -0.4 is 4.90 Å². The molecule has 1 aromatic heterocycles. The van der Waals surface area contributed by atoms with Gasteiger partial charge in [0.15, 0.2) is 11.4 Å². The molecule has 166 valence electrons. The Balaban J connectivity index is 1.73. The van der Waals surface area contributed by atoms with Gasteiger partial charge in [-0.1, -0.05) is 59.6 Å². The third-order valence-corrected chi connectivity index (χ3v) is 7.69. The quantitative estimate of drug-likeness (QED) is 0.364. The second-order valence-corrected chi connectivity index (χ2v) is 11.1. The number of benzene rings is 2. The molecule has 0 aliphatic carbocycles. The van der Waals surface area contributed by atoms with Crippen molar-refractivity contribution in [2.75, 3.05) is 4.90 Å². The standard InChI is InChI=1S/C25H23BrClNO3S/c1-14(2)16-5-4-15(3)17(10-16)13-28-20-7-6-18(26)11-19(20)25(31,24(28)30)12-21(29)22-8-9-23(27)32-22/h4-11,14,31H,12-13H2,1-3H3/t25-/m0/s1. The van der Waals surface area contributed by atoms with Crippen molar-refractivity contribution in [1.29, 1.82) is 0 Å². The molecule has 0 radical (unpaired) electrons. The molecule has 1 N–H and O–H groups in total. The zero-order valence-corrected chi connectivity index (χ0v) is 21.1. The Labute approximate surface area is 205 Å². The van der Waals surface area contributed by atoms with E-state index in [4.69, 9.17) is 11.6 Å². The molecule has 1 aliphatic heterocycles. The van der Waals surface area contributed by atoms with Crippen LogP contribution in [0, 0.1) is 6.92 Å². The number of ketones is 1. The highest BCUT2D eigenvalue weighted by molar-refractivity contribution is 9.10. The minimum absolute atomic E-state index is 0.316. The largest absolute Gasteiger partial charge is 0.375 e. The summed E-state index contributed by atoms with van der Waals surface area (Å²) in [5, 5.41) is 11.6. The Hall–Kier alpha value is -1.99. The maximum atomic E-state index is 13.6. The highest BCUT2D eigenvalue weighted by Gasteiger charge is 2.51. The molecule has 3 aromatic rings. The minimum atomic E-state index is -1.93. The molecular formula is C25H23BrClNO3S. The number of Topliss-reactive ketones (excluding diaryl/α,β-unsaturated/α-hetero) is 1. The number of amides is 1. The number of rotatable bonds is 6. The van der Waals surface area contributed by atoms with E-state index < -0.39 is 11.5 Å². The Kier molecular flexibility index (Phi) is 6.34. The van der Waals surface area contributed by atoms with Crippen molar-refractivity contribution >= 4 is 56.2 Å². The molecule has 0 bridgehead atoms. The maximum absolute atomic E-state index is 13.6. The van der Waals surface area contributed by atoms with Crippen LogP contribution in [0.3, 0.4) is 0 Å². The van der Waals surface area contributed by atoms with E-state index in [0.29, 0.717) is 32.9 Å².